The predicted molar refractivity (Wildman–Crippen MR) is 94.8 cm³/mol. The molecule has 3 nitrogen and oxygen atoms in total. The first-order valence-electron chi connectivity index (χ1n) is 8.03. The second-order valence-electron chi connectivity index (χ2n) is 6.83. The second kappa shape index (κ2) is 8.68. The average Bonchev–Trinajstić information content (AvgIpc) is 2.45. The van der Waals surface area contributed by atoms with Crippen LogP contribution < -0.4 is 0 Å². The molecular weight excluding hydrogens is 288 g/mol. The highest BCUT2D eigenvalue weighted by atomic mass is 17.1. The summed E-state index contributed by atoms with van der Waals surface area (Å²) in [4.78, 5) is 14.5. The summed E-state index contributed by atoms with van der Waals surface area (Å²) < 4.78 is 0. The Kier molecular flexibility index (Phi) is 7.24. The number of rotatable bonds is 5. The first-order valence-corrected chi connectivity index (χ1v) is 8.03. The number of hydrogen-bond donors (Lipinski definition) is 1. The van der Waals surface area contributed by atoms with E-state index < -0.39 is 5.97 Å². The molecular formula is C20H28O3. The maximum absolute atomic E-state index is 10.9. The minimum atomic E-state index is -0.769. The van der Waals surface area contributed by atoms with Crippen LogP contribution in [0.3, 0.4) is 0 Å². The molecule has 23 heavy (non-hydrogen) atoms. The highest BCUT2D eigenvalue weighted by molar-refractivity contribution is 5.82. The maximum atomic E-state index is 10.9. The van der Waals surface area contributed by atoms with Crippen molar-refractivity contribution in [3.8, 4) is 0 Å². The normalized spacial score (nSPS) is 19.7. The minimum Gasteiger partial charge on any atom is -0.296 e. The minimum absolute atomic E-state index is 0.249. The van der Waals surface area contributed by atoms with Crippen LogP contribution in [0.1, 0.15) is 53.9 Å². The van der Waals surface area contributed by atoms with Crippen molar-refractivity contribution in [3.63, 3.8) is 0 Å². The quantitative estimate of drug-likeness (QED) is 0.314. The molecule has 0 radical (unpaired) electrons. The van der Waals surface area contributed by atoms with Gasteiger partial charge < -0.3 is 0 Å². The number of carbonyl (C=O) groups is 1. The molecule has 0 amide bonds. The number of allylic oxidation sites excluding steroid dienone is 9. The molecule has 0 saturated heterocycles. The molecule has 126 valence electrons. The molecule has 1 aliphatic carbocycles. The largest absolute Gasteiger partial charge is 0.365 e. The molecule has 0 saturated carbocycles. The Hall–Kier alpha value is -1.87. The molecule has 0 bridgehead atoms. The van der Waals surface area contributed by atoms with Crippen LogP contribution in [0.4, 0.5) is 0 Å². The zero-order chi connectivity index (χ0) is 17.5. The Morgan fingerprint density at radius 3 is 2.52 bits per heavy atom. The lowest BCUT2D eigenvalue weighted by Gasteiger charge is -2.32. The highest BCUT2D eigenvalue weighted by Crippen LogP contribution is 2.40. The molecule has 0 spiro atoms. The first kappa shape index (κ1) is 19.2. The summed E-state index contributed by atoms with van der Waals surface area (Å²) in [6, 6.07) is 0. The van der Waals surface area contributed by atoms with E-state index in [1.165, 1.54) is 36.5 Å². The fourth-order valence-electron chi connectivity index (χ4n) is 2.89. The van der Waals surface area contributed by atoms with Crippen molar-refractivity contribution in [2.24, 2.45) is 5.41 Å². The third-order valence-corrected chi connectivity index (χ3v) is 4.21. The van der Waals surface area contributed by atoms with Crippen molar-refractivity contribution in [1.29, 1.82) is 0 Å². The van der Waals surface area contributed by atoms with E-state index in [-0.39, 0.29) is 5.41 Å². The highest BCUT2D eigenvalue weighted by Gasteiger charge is 2.26. The van der Waals surface area contributed by atoms with Crippen LogP contribution >= 0.6 is 0 Å². The van der Waals surface area contributed by atoms with E-state index in [0.29, 0.717) is 5.57 Å². The monoisotopic (exact) mass is 316 g/mol. The van der Waals surface area contributed by atoms with Crippen LogP contribution in [0, 0.1) is 5.41 Å². The van der Waals surface area contributed by atoms with Crippen LogP contribution in [0.15, 0.2) is 58.7 Å². The second-order valence-corrected chi connectivity index (χ2v) is 6.83. The summed E-state index contributed by atoms with van der Waals surface area (Å²) >= 11 is 0. The van der Waals surface area contributed by atoms with E-state index in [0.717, 1.165) is 5.57 Å². The van der Waals surface area contributed by atoms with Gasteiger partial charge in [0.05, 0.1) is 0 Å². The summed E-state index contributed by atoms with van der Waals surface area (Å²) in [5.74, 6) is -0.769. The van der Waals surface area contributed by atoms with Gasteiger partial charge >= 0.3 is 5.97 Å². The van der Waals surface area contributed by atoms with Crippen molar-refractivity contribution in [3.05, 3.63) is 58.7 Å². The van der Waals surface area contributed by atoms with Crippen LogP contribution in [-0.2, 0) is 9.68 Å². The smallest absolute Gasteiger partial charge is 0.296 e. The molecule has 1 rings (SSSR count). The zero-order valence-electron chi connectivity index (χ0n) is 14.8. The van der Waals surface area contributed by atoms with Crippen LogP contribution in [0.2, 0.25) is 0 Å². The lowest BCUT2D eigenvalue weighted by atomic mass is 9.72. The van der Waals surface area contributed by atoms with Crippen LogP contribution in [-0.4, -0.2) is 11.2 Å². The molecule has 0 aromatic heterocycles. The molecule has 1 N–H and O–H groups in total. The molecule has 1 aliphatic rings. The molecule has 0 aliphatic heterocycles. The molecule has 3 heteroatoms. The lowest BCUT2D eigenvalue weighted by Crippen LogP contribution is -2.19. The van der Waals surface area contributed by atoms with E-state index >= 15 is 0 Å². The summed E-state index contributed by atoms with van der Waals surface area (Å²) in [7, 11) is 0. The topological polar surface area (TPSA) is 46.5 Å². The van der Waals surface area contributed by atoms with Gasteiger partial charge in [-0.2, -0.15) is 5.26 Å². The van der Waals surface area contributed by atoms with Crippen molar-refractivity contribution in [2.45, 2.75) is 53.9 Å². The van der Waals surface area contributed by atoms with Gasteiger partial charge in [0.2, 0.25) is 0 Å². The number of hydrogen-bond acceptors (Lipinski definition) is 3. The van der Waals surface area contributed by atoms with Gasteiger partial charge in [-0.15, -0.1) is 0 Å². The van der Waals surface area contributed by atoms with Gasteiger partial charge in [0, 0.05) is 6.08 Å². The Balaban J connectivity index is 2.77. The van der Waals surface area contributed by atoms with Crippen molar-refractivity contribution in [1.82, 2.24) is 0 Å². The molecule has 0 unspecified atom stereocenters. The Bertz CT molecular complexity index is 584. The van der Waals surface area contributed by atoms with Gasteiger partial charge in [-0.1, -0.05) is 55.4 Å². The SMILES string of the molecule is CC(C=CC1=C(C)CCCC1(C)C)=CC=CC(C)=CC(=O)OO. The number of carbonyl (C=O) groups excluding carboxylic acids is 1. The summed E-state index contributed by atoms with van der Waals surface area (Å²) in [6.45, 7) is 10.7. The van der Waals surface area contributed by atoms with Gasteiger partial charge in [0.1, 0.15) is 0 Å². The van der Waals surface area contributed by atoms with Crippen molar-refractivity contribution >= 4 is 5.97 Å². The Labute approximate surface area is 139 Å². The fraction of sp³-hybridized carbons (Fsp3) is 0.450. The first-order chi connectivity index (χ1) is 10.8. The molecule has 0 atom stereocenters. The van der Waals surface area contributed by atoms with E-state index in [2.05, 4.69) is 37.8 Å². The molecule has 0 fully saturated rings. The summed E-state index contributed by atoms with van der Waals surface area (Å²) in [6.07, 6.45) is 15.0. The predicted octanol–water partition coefficient (Wildman–Crippen LogP) is 5.53. The van der Waals surface area contributed by atoms with E-state index in [1.54, 1.807) is 13.0 Å². The van der Waals surface area contributed by atoms with Gasteiger partial charge in [-0.25, -0.2) is 4.79 Å². The van der Waals surface area contributed by atoms with Crippen LogP contribution in [0.5, 0.6) is 0 Å². The van der Waals surface area contributed by atoms with E-state index in [1.807, 2.05) is 19.1 Å². The molecule has 0 aromatic carbocycles. The van der Waals surface area contributed by atoms with E-state index in [9.17, 15) is 4.79 Å². The van der Waals surface area contributed by atoms with Gasteiger partial charge in [-0.05, 0) is 56.6 Å². The lowest BCUT2D eigenvalue weighted by molar-refractivity contribution is -0.228. The summed E-state index contributed by atoms with van der Waals surface area (Å²) in [5.41, 5.74) is 5.03. The summed E-state index contributed by atoms with van der Waals surface area (Å²) in [5, 5.41) is 8.21. The van der Waals surface area contributed by atoms with Crippen LogP contribution in [0.25, 0.3) is 0 Å². The Morgan fingerprint density at radius 1 is 1.22 bits per heavy atom. The molecule has 0 aromatic rings. The maximum Gasteiger partial charge on any atom is 0.365 e. The zero-order valence-corrected chi connectivity index (χ0v) is 14.8. The standard InChI is InChI=1S/C20H28O3/c1-15(8-6-9-16(2)14-19(21)23-22)11-12-18-17(3)10-7-13-20(18,4)5/h6,8-9,11-12,14,22H,7,10,13H2,1-5H3. The third-order valence-electron chi connectivity index (χ3n) is 4.21. The average molecular weight is 316 g/mol. The van der Waals surface area contributed by atoms with Crippen molar-refractivity contribution in [2.75, 3.05) is 0 Å². The van der Waals surface area contributed by atoms with Gasteiger partial charge in [0.15, 0.2) is 0 Å². The van der Waals surface area contributed by atoms with Gasteiger partial charge in [-0.3, -0.25) is 4.89 Å². The van der Waals surface area contributed by atoms with E-state index in [4.69, 9.17) is 5.26 Å². The third kappa shape index (κ3) is 6.41. The Morgan fingerprint density at radius 2 is 1.91 bits per heavy atom. The van der Waals surface area contributed by atoms with Crippen molar-refractivity contribution < 1.29 is 14.9 Å². The van der Waals surface area contributed by atoms with Gasteiger partial charge in [0.25, 0.3) is 0 Å². The fourth-order valence-corrected chi connectivity index (χ4v) is 2.89. The molecule has 0 heterocycles.